The Kier molecular flexibility index (Phi) is 4.45. The maximum atomic E-state index is 12.3. The van der Waals surface area contributed by atoms with E-state index in [9.17, 15) is 14.4 Å². The number of hydrogen-bond acceptors (Lipinski definition) is 5. The molecule has 0 aliphatic carbocycles. The first kappa shape index (κ1) is 16.0. The fourth-order valence-electron chi connectivity index (χ4n) is 2.92. The van der Waals surface area contributed by atoms with Gasteiger partial charge in [0.25, 0.3) is 5.91 Å². The third-order valence-electron chi connectivity index (χ3n) is 4.14. The minimum absolute atomic E-state index is 0.128. The Balaban J connectivity index is 1.65. The number of nitrogens with one attached hydrogen (secondary N) is 1. The number of aromatic nitrogens is 2. The number of ether oxygens (including phenoxy) is 1. The van der Waals surface area contributed by atoms with Crippen LogP contribution in [0, 0.1) is 0 Å². The molecule has 3 rings (SSSR count). The van der Waals surface area contributed by atoms with E-state index in [1.165, 1.54) is 4.90 Å². The Bertz CT molecular complexity index is 785. The van der Waals surface area contributed by atoms with Crippen molar-refractivity contribution in [3.05, 3.63) is 30.0 Å². The van der Waals surface area contributed by atoms with Gasteiger partial charge in [0, 0.05) is 11.9 Å². The molecule has 1 atom stereocenters. The van der Waals surface area contributed by atoms with Crippen molar-refractivity contribution in [2.45, 2.75) is 25.3 Å². The highest BCUT2D eigenvalue weighted by molar-refractivity contribution is 6.02. The molecule has 0 bridgehead atoms. The lowest BCUT2D eigenvalue weighted by molar-refractivity contribution is -0.143. The van der Waals surface area contributed by atoms with Gasteiger partial charge in [0.15, 0.2) is 12.3 Å². The van der Waals surface area contributed by atoms with Crippen LogP contribution in [0.15, 0.2) is 24.3 Å². The van der Waals surface area contributed by atoms with E-state index < -0.39 is 30.4 Å². The summed E-state index contributed by atoms with van der Waals surface area (Å²) in [4.78, 5) is 37.3. The number of hydrogen-bond donors (Lipinski definition) is 2. The number of amides is 2. The number of nitrogens with two attached hydrogens (primary N) is 1. The van der Waals surface area contributed by atoms with Crippen molar-refractivity contribution < 1.29 is 19.1 Å². The summed E-state index contributed by atoms with van der Waals surface area (Å²) in [5.41, 5.74) is 6.17. The van der Waals surface area contributed by atoms with Gasteiger partial charge in [-0.2, -0.15) is 5.10 Å². The molecule has 0 spiro atoms. The summed E-state index contributed by atoms with van der Waals surface area (Å²) in [6.07, 6.45) is 2.18. The monoisotopic (exact) mass is 330 g/mol. The summed E-state index contributed by atoms with van der Waals surface area (Å²) in [7, 11) is 0. The third-order valence-corrected chi connectivity index (χ3v) is 4.14. The topological polar surface area (TPSA) is 118 Å². The van der Waals surface area contributed by atoms with Crippen LogP contribution >= 0.6 is 0 Å². The number of nitrogens with zero attached hydrogens (tertiary/aromatic N) is 2. The van der Waals surface area contributed by atoms with Gasteiger partial charge in [-0.05, 0) is 25.3 Å². The van der Waals surface area contributed by atoms with Crippen molar-refractivity contribution in [3.63, 3.8) is 0 Å². The van der Waals surface area contributed by atoms with E-state index in [-0.39, 0.29) is 5.69 Å². The van der Waals surface area contributed by atoms with Gasteiger partial charge in [-0.1, -0.05) is 18.2 Å². The second-order valence-electron chi connectivity index (χ2n) is 5.70. The van der Waals surface area contributed by atoms with E-state index in [0.717, 1.165) is 12.8 Å². The first-order valence-corrected chi connectivity index (χ1v) is 7.77. The van der Waals surface area contributed by atoms with E-state index >= 15 is 0 Å². The maximum absolute atomic E-state index is 12.3. The molecule has 0 saturated carbocycles. The third kappa shape index (κ3) is 3.08. The fourth-order valence-corrected chi connectivity index (χ4v) is 2.92. The van der Waals surface area contributed by atoms with Crippen molar-refractivity contribution in [1.82, 2.24) is 15.1 Å². The van der Waals surface area contributed by atoms with Gasteiger partial charge < -0.3 is 15.4 Å². The number of para-hydroxylation sites is 1. The van der Waals surface area contributed by atoms with Gasteiger partial charge >= 0.3 is 5.97 Å². The Morgan fingerprint density at radius 3 is 2.88 bits per heavy atom. The molecule has 1 saturated heterocycles. The zero-order valence-electron chi connectivity index (χ0n) is 13.0. The van der Waals surface area contributed by atoms with E-state index in [1.54, 1.807) is 18.2 Å². The van der Waals surface area contributed by atoms with Crippen molar-refractivity contribution >= 4 is 28.7 Å². The molecule has 8 heteroatoms. The molecular weight excluding hydrogens is 312 g/mol. The highest BCUT2D eigenvalue weighted by Crippen LogP contribution is 2.18. The Morgan fingerprint density at radius 2 is 2.08 bits per heavy atom. The van der Waals surface area contributed by atoms with Crippen molar-refractivity contribution in [1.29, 1.82) is 0 Å². The number of carbonyl (C=O) groups is 3. The van der Waals surface area contributed by atoms with Crippen LogP contribution in [0.5, 0.6) is 0 Å². The number of benzene rings is 1. The number of carbonyl (C=O) groups excluding carboxylic acids is 3. The molecule has 1 aromatic heterocycles. The van der Waals surface area contributed by atoms with Crippen LogP contribution in [0.1, 0.15) is 29.8 Å². The largest absolute Gasteiger partial charge is 0.451 e. The zero-order valence-corrected chi connectivity index (χ0v) is 13.0. The Labute approximate surface area is 137 Å². The average molecular weight is 330 g/mol. The second-order valence-corrected chi connectivity index (χ2v) is 5.70. The maximum Gasteiger partial charge on any atom is 0.359 e. The van der Waals surface area contributed by atoms with E-state index in [2.05, 4.69) is 10.2 Å². The highest BCUT2D eigenvalue weighted by Gasteiger charge is 2.31. The lowest BCUT2D eigenvalue weighted by Gasteiger charge is -2.33. The predicted molar refractivity (Wildman–Crippen MR) is 84.9 cm³/mol. The number of H-pyrrole nitrogens is 1. The SMILES string of the molecule is NC(=O)[C@H]1CCCCN1C(=O)COC(=O)c1n[nH]c2ccccc12. The lowest BCUT2D eigenvalue weighted by Crippen LogP contribution is -2.51. The molecule has 1 aliphatic heterocycles. The number of aromatic amines is 1. The van der Waals surface area contributed by atoms with E-state index in [4.69, 9.17) is 10.5 Å². The predicted octanol–water partition coefficient (Wildman–Crippen LogP) is 0.586. The molecule has 1 aromatic carbocycles. The fraction of sp³-hybridized carbons (Fsp3) is 0.375. The van der Waals surface area contributed by atoms with Crippen LogP contribution in [0.4, 0.5) is 0 Å². The number of likely N-dealkylation sites (tertiary alicyclic amines) is 1. The Hall–Kier alpha value is -2.90. The van der Waals surface area contributed by atoms with Crippen molar-refractivity contribution in [2.24, 2.45) is 5.73 Å². The van der Waals surface area contributed by atoms with Gasteiger partial charge in [0.2, 0.25) is 5.91 Å². The molecular formula is C16H18N4O4. The molecule has 2 amide bonds. The number of esters is 1. The smallest absolute Gasteiger partial charge is 0.359 e. The molecule has 0 unspecified atom stereocenters. The summed E-state index contributed by atoms with van der Waals surface area (Å²) in [5, 5.41) is 7.29. The van der Waals surface area contributed by atoms with Gasteiger partial charge in [0.1, 0.15) is 6.04 Å². The molecule has 24 heavy (non-hydrogen) atoms. The first-order valence-electron chi connectivity index (χ1n) is 7.77. The lowest BCUT2D eigenvalue weighted by atomic mass is 10.0. The Morgan fingerprint density at radius 1 is 1.29 bits per heavy atom. The van der Waals surface area contributed by atoms with Crippen molar-refractivity contribution in [3.8, 4) is 0 Å². The molecule has 1 fully saturated rings. The summed E-state index contributed by atoms with van der Waals surface area (Å²) in [6, 6.07) is 6.50. The normalized spacial score (nSPS) is 17.7. The molecule has 0 radical (unpaired) electrons. The number of piperidine rings is 1. The van der Waals surface area contributed by atoms with Gasteiger partial charge in [-0.25, -0.2) is 4.79 Å². The molecule has 8 nitrogen and oxygen atoms in total. The molecule has 3 N–H and O–H groups in total. The van der Waals surface area contributed by atoms with E-state index in [0.29, 0.717) is 23.9 Å². The highest BCUT2D eigenvalue weighted by atomic mass is 16.5. The summed E-state index contributed by atoms with van der Waals surface area (Å²) in [5.74, 6) is -1.65. The van der Waals surface area contributed by atoms with Gasteiger partial charge in [0.05, 0.1) is 5.52 Å². The van der Waals surface area contributed by atoms with Crippen LogP contribution in [0.3, 0.4) is 0 Å². The molecule has 126 valence electrons. The van der Waals surface area contributed by atoms with Crippen molar-refractivity contribution in [2.75, 3.05) is 13.2 Å². The summed E-state index contributed by atoms with van der Waals surface area (Å²) in [6.45, 7) is -0.000867. The summed E-state index contributed by atoms with van der Waals surface area (Å²) < 4.78 is 5.07. The number of rotatable bonds is 4. The zero-order chi connectivity index (χ0) is 17.1. The number of primary amides is 1. The summed E-state index contributed by atoms with van der Waals surface area (Å²) >= 11 is 0. The quantitative estimate of drug-likeness (QED) is 0.795. The van der Waals surface area contributed by atoms with Crippen LogP contribution in [0.25, 0.3) is 10.9 Å². The van der Waals surface area contributed by atoms with E-state index in [1.807, 2.05) is 6.07 Å². The minimum atomic E-state index is -0.687. The minimum Gasteiger partial charge on any atom is -0.451 e. The average Bonchev–Trinajstić information content (AvgIpc) is 3.03. The van der Waals surface area contributed by atoms with Gasteiger partial charge in [-0.3, -0.25) is 14.7 Å². The van der Waals surface area contributed by atoms with Crippen LogP contribution < -0.4 is 5.73 Å². The number of fused-ring (bicyclic) bond motifs is 1. The molecule has 1 aliphatic rings. The second kappa shape index (κ2) is 6.69. The standard InChI is InChI=1S/C16H18N4O4/c17-15(22)12-7-3-4-8-20(12)13(21)9-24-16(23)14-10-5-1-2-6-11(10)18-19-14/h1-2,5-6,12H,3-4,7-9H2,(H2,17,22)(H,18,19)/t12-/m1/s1. The van der Waals surface area contributed by atoms with Crippen LogP contribution in [0.2, 0.25) is 0 Å². The first-order chi connectivity index (χ1) is 11.6. The van der Waals surface area contributed by atoms with Crippen LogP contribution in [-0.2, 0) is 14.3 Å². The van der Waals surface area contributed by atoms with Crippen LogP contribution in [-0.4, -0.2) is 52.1 Å². The molecule has 2 heterocycles. The molecule has 2 aromatic rings. The van der Waals surface area contributed by atoms with Gasteiger partial charge in [-0.15, -0.1) is 0 Å².